The smallest absolute Gasteiger partial charge is 0.320 e. The molecule has 0 amide bonds. The number of carboxylic acids is 1. The molecule has 1 unspecified atom stereocenters. The van der Waals surface area contributed by atoms with Crippen LogP contribution < -0.4 is 4.74 Å². The molecule has 1 atom stereocenters. The number of likely N-dealkylation sites (N-methyl/N-ethyl adjacent to an activating group) is 1. The first kappa shape index (κ1) is 17.7. The van der Waals surface area contributed by atoms with Crippen molar-refractivity contribution in [3.05, 3.63) is 29.8 Å². The Bertz CT molecular complexity index is 398. The number of ether oxygens (including phenoxy) is 1. The van der Waals surface area contributed by atoms with Crippen molar-refractivity contribution in [2.45, 2.75) is 26.3 Å². The molecule has 0 aliphatic heterocycles. The van der Waals surface area contributed by atoms with Crippen molar-refractivity contribution >= 4 is 18.4 Å². The van der Waals surface area contributed by atoms with Gasteiger partial charge in [0.15, 0.2) is 0 Å². The van der Waals surface area contributed by atoms with Crippen LogP contribution in [-0.2, 0) is 4.79 Å². The van der Waals surface area contributed by atoms with Crippen molar-refractivity contribution in [2.75, 3.05) is 20.2 Å². The predicted octanol–water partition coefficient (Wildman–Crippen LogP) is 2.59. The lowest BCUT2D eigenvalue weighted by Gasteiger charge is -2.20. The molecule has 4 nitrogen and oxygen atoms in total. The van der Waals surface area contributed by atoms with Crippen LogP contribution in [0.4, 0.5) is 0 Å². The van der Waals surface area contributed by atoms with Gasteiger partial charge in [-0.25, -0.2) is 0 Å². The highest BCUT2D eigenvalue weighted by molar-refractivity contribution is 5.85. The van der Waals surface area contributed by atoms with Crippen molar-refractivity contribution in [3.8, 4) is 5.75 Å². The number of hydrogen-bond acceptors (Lipinski definition) is 3. The van der Waals surface area contributed by atoms with E-state index in [1.165, 1.54) is 0 Å². The van der Waals surface area contributed by atoms with Gasteiger partial charge in [-0.3, -0.25) is 9.69 Å². The van der Waals surface area contributed by atoms with Gasteiger partial charge < -0.3 is 9.84 Å². The van der Waals surface area contributed by atoms with Gasteiger partial charge in [0.2, 0.25) is 0 Å². The number of hydrogen-bond donors (Lipinski definition) is 1. The number of nitrogens with zero attached hydrogens (tertiary/aromatic N) is 1. The third-order valence-electron chi connectivity index (χ3n) is 3.02. The van der Waals surface area contributed by atoms with Gasteiger partial charge in [0.25, 0.3) is 0 Å². The zero-order valence-electron chi connectivity index (χ0n) is 11.6. The highest BCUT2D eigenvalue weighted by atomic mass is 35.5. The first-order valence-corrected chi connectivity index (χ1v) is 6.14. The Balaban J connectivity index is 0.00000324. The molecule has 1 aromatic carbocycles. The van der Waals surface area contributed by atoms with Crippen LogP contribution in [0.1, 0.15) is 18.9 Å². The number of rotatable bonds is 7. The van der Waals surface area contributed by atoms with Gasteiger partial charge in [-0.1, -0.05) is 18.2 Å². The van der Waals surface area contributed by atoms with E-state index in [0.29, 0.717) is 13.2 Å². The fraction of sp³-hybridized carbons (Fsp3) is 0.500. The van der Waals surface area contributed by atoms with Crippen LogP contribution in [0.15, 0.2) is 24.3 Å². The summed E-state index contributed by atoms with van der Waals surface area (Å²) >= 11 is 0. The molecule has 0 aliphatic rings. The van der Waals surface area contributed by atoms with E-state index in [1.807, 2.05) is 43.1 Å². The Labute approximate surface area is 120 Å². The lowest BCUT2D eigenvalue weighted by molar-refractivity contribution is -0.142. The molecule has 1 aromatic rings. The monoisotopic (exact) mass is 287 g/mol. The second-order valence-electron chi connectivity index (χ2n) is 4.46. The first-order valence-electron chi connectivity index (χ1n) is 6.14. The minimum Gasteiger partial charge on any atom is -0.493 e. The number of aliphatic carboxylic acids is 1. The van der Waals surface area contributed by atoms with Crippen molar-refractivity contribution < 1.29 is 14.6 Å². The van der Waals surface area contributed by atoms with Crippen LogP contribution in [0.3, 0.4) is 0 Å². The van der Waals surface area contributed by atoms with Gasteiger partial charge in [0, 0.05) is 6.54 Å². The Morgan fingerprint density at radius 3 is 2.63 bits per heavy atom. The van der Waals surface area contributed by atoms with E-state index in [-0.39, 0.29) is 12.4 Å². The predicted molar refractivity (Wildman–Crippen MR) is 78.3 cm³/mol. The van der Waals surface area contributed by atoms with Crippen molar-refractivity contribution in [1.29, 1.82) is 0 Å². The van der Waals surface area contributed by atoms with Crippen LogP contribution in [0.25, 0.3) is 0 Å². The van der Waals surface area contributed by atoms with E-state index in [0.717, 1.165) is 17.7 Å². The molecule has 108 valence electrons. The summed E-state index contributed by atoms with van der Waals surface area (Å²) in [7, 11) is 1.81. The minimum atomic E-state index is -0.794. The summed E-state index contributed by atoms with van der Waals surface area (Å²) in [6.45, 7) is 5.00. The highest BCUT2D eigenvalue weighted by Crippen LogP contribution is 2.16. The minimum absolute atomic E-state index is 0. The number of carboxylic acid groups (broad SMARTS) is 1. The highest BCUT2D eigenvalue weighted by Gasteiger charge is 2.15. The number of benzene rings is 1. The molecule has 0 aliphatic carbocycles. The second-order valence-corrected chi connectivity index (χ2v) is 4.46. The average molecular weight is 288 g/mol. The fourth-order valence-electron chi connectivity index (χ4n) is 1.60. The van der Waals surface area contributed by atoms with Crippen molar-refractivity contribution in [3.63, 3.8) is 0 Å². The van der Waals surface area contributed by atoms with Gasteiger partial charge in [0.1, 0.15) is 11.8 Å². The molecule has 0 saturated heterocycles. The van der Waals surface area contributed by atoms with E-state index >= 15 is 0 Å². The molecule has 0 saturated carbocycles. The summed E-state index contributed by atoms with van der Waals surface area (Å²) in [5.41, 5.74) is 1.12. The van der Waals surface area contributed by atoms with Gasteiger partial charge in [0.05, 0.1) is 6.61 Å². The normalized spacial score (nSPS) is 11.8. The standard InChI is InChI=1S/C14H21NO3.ClH/c1-11-7-4-5-8-13(11)18-10-6-9-15(3)12(2)14(16)17;/h4-5,7-8,12H,6,9-10H2,1-3H3,(H,16,17);1H. The van der Waals surface area contributed by atoms with Crippen LogP contribution in [0, 0.1) is 6.92 Å². The number of halogens is 1. The molecule has 0 spiro atoms. The second kappa shape index (κ2) is 8.77. The van der Waals surface area contributed by atoms with E-state index in [4.69, 9.17) is 9.84 Å². The molecular weight excluding hydrogens is 266 g/mol. The molecule has 0 heterocycles. The van der Waals surface area contributed by atoms with Crippen molar-refractivity contribution in [2.24, 2.45) is 0 Å². The molecule has 0 fully saturated rings. The maximum atomic E-state index is 10.8. The van der Waals surface area contributed by atoms with Crippen LogP contribution in [0.5, 0.6) is 5.75 Å². The average Bonchev–Trinajstić information content (AvgIpc) is 2.35. The Hall–Kier alpha value is -1.26. The largest absolute Gasteiger partial charge is 0.493 e. The van der Waals surface area contributed by atoms with Crippen LogP contribution >= 0.6 is 12.4 Å². The lowest BCUT2D eigenvalue weighted by atomic mass is 10.2. The summed E-state index contributed by atoms with van der Waals surface area (Å²) in [4.78, 5) is 12.6. The zero-order valence-corrected chi connectivity index (χ0v) is 12.4. The van der Waals surface area contributed by atoms with Crippen molar-refractivity contribution in [1.82, 2.24) is 4.90 Å². The van der Waals surface area contributed by atoms with E-state index in [9.17, 15) is 4.79 Å². The Morgan fingerprint density at radius 2 is 2.05 bits per heavy atom. The maximum Gasteiger partial charge on any atom is 0.320 e. The topological polar surface area (TPSA) is 49.8 Å². The number of para-hydroxylation sites is 1. The third-order valence-corrected chi connectivity index (χ3v) is 3.02. The fourth-order valence-corrected chi connectivity index (χ4v) is 1.60. The van der Waals surface area contributed by atoms with Crippen LogP contribution in [-0.4, -0.2) is 42.2 Å². The molecule has 0 bridgehead atoms. The molecule has 0 aromatic heterocycles. The van der Waals surface area contributed by atoms with Gasteiger partial charge in [-0.15, -0.1) is 12.4 Å². The summed E-state index contributed by atoms with van der Waals surface area (Å²) in [5, 5.41) is 8.85. The van der Waals surface area contributed by atoms with E-state index < -0.39 is 12.0 Å². The number of carbonyl (C=O) groups is 1. The number of aryl methyl sites for hydroxylation is 1. The summed E-state index contributed by atoms with van der Waals surface area (Å²) in [6.07, 6.45) is 0.808. The third kappa shape index (κ3) is 5.94. The summed E-state index contributed by atoms with van der Waals surface area (Å²) in [5.74, 6) is 0.101. The zero-order chi connectivity index (χ0) is 13.5. The quantitative estimate of drug-likeness (QED) is 0.783. The van der Waals surface area contributed by atoms with E-state index in [1.54, 1.807) is 6.92 Å². The molecule has 5 heteroatoms. The van der Waals surface area contributed by atoms with Gasteiger partial charge >= 0.3 is 5.97 Å². The van der Waals surface area contributed by atoms with Gasteiger partial charge in [-0.05, 0) is 38.9 Å². The molecule has 1 rings (SSSR count). The molecule has 0 radical (unpaired) electrons. The summed E-state index contributed by atoms with van der Waals surface area (Å²) < 4.78 is 5.65. The molecule has 19 heavy (non-hydrogen) atoms. The Kier molecular flexibility index (Phi) is 8.19. The van der Waals surface area contributed by atoms with Gasteiger partial charge in [-0.2, -0.15) is 0 Å². The first-order chi connectivity index (χ1) is 8.52. The maximum absolute atomic E-state index is 10.8. The summed E-state index contributed by atoms with van der Waals surface area (Å²) in [6, 6.07) is 7.42. The molecular formula is C14H22ClNO3. The van der Waals surface area contributed by atoms with Crippen LogP contribution in [0.2, 0.25) is 0 Å². The Morgan fingerprint density at radius 1 is 1.42 bits per heavy atom. The van der Waals surface area contributed by atoms with E-state index in [2.05, 4.69) is 0 Å². The molecule has 1 N–H and O–H groups in total. The lowest BCUT2D eigenvalue weighted by Crippen LogP contribution is -2.36. The SMILES string of the molecule is Cc1ccccc1OCCCN(C)C(C)C(=O)O.Cl.